The Bertz CT molecular complexity index is 3030. The van der Waals surface area contributed by atoms with E-state index in [0.29, 0.717) is 0 Å². The van der Waals surface area contributed by atoms with Crippen LogP contribution < -0.4 is 4.90 Å². The van der Waals surface area contributed by atoms with Gasteiger partial charge in [-0.25, -0.2) is 0 Å². The van der Waals surface area contributed by atoms with Crippen LogP contribution in [0.5, 0.6) is 0 Å². The second-order valence-corrected chi connectivity index (χ2v) is 14.1. The summed E-state index contributed by atoms with van der Waals surface area (Å²) >= 11 is 0. The van der Waals surface area contributed by atoms with Crippen molar-refractivity contribution in [1.82, 2.24) is 4.57 Å². The fraction of sp³-hybridized carbons (Fsp3) is 0.0196. The van der Waals surface area contributed by atoms with Gasteiger partial charge in [-0.15, -0.1) is 0 Å². The van der Waals surface area contributed by atoms with Crippen molar-refractivity contribution in [1.29, 1.82) is 0 Å². The van der Waals surface area contributed by atoms with E-state index in [2.05, 4.69) is 204 Å². The number of hydrogen-bond donors (Lipinski definition) is 0. The second-order valence-electron chi connectivity index (χ2n) is 14.1. The standard InChI is InChI=1S/C51H34N2/c1-5-17-43-35(11-1)14-9-21-48(43)52(41-29-25-39-31-38-13-3-4-16-42(38)46(39)33-41)40-27-23-34(24-28-40)37-26-30-51-47(32-37)45-19-7-8-20-50(45)53(51)49-22-10-15-36-12-2-6-18-44(36)49/h1-30,32-33H,31H2. The van der Waals surface area contributed by atoms with Crippen molar-refractivity contribution in [2.75, 3.05) is 4.90 Å². The Labute approximate surface area is 308 Å². The summed E-state index contributed by atoms with van der Waals surface area (Å²) in [5.41, 5.74) is 15.0. The third-order valence-corrected chi connectivity index (χ3v) is 11.2. The number of para-hydroxylation sites is 1. The van der Waals surface area contributed by atoms with Gasteiger partial charge in [0.1, 0.15) is 0 Å². The highest BCUT2D eigenvalue weighted by molar-refractivity contribution is 6.12. The SMILES string of the molecule is c1ccc2c(c1)Cc1ccc(N(c3ccc(-c4ccc5c(c4)c4ccccc4n5-c4cccc5ccccc45)cc3)c3cccc4ccccc34)cc1-2. The molecule has 0 aliphatic heterocycles. The van der Waals surface area contributed by atoms with Gasteiger partial charge in [0.25, 0.3) is 0 Å². The predicted molar refractivity (Wildman–Crippen MR) is 224 cm³/mol. The third kappa shape index (κ3) is 4.73. The number of hydrogen-bond acceptors (Lipinski definition) is 1. The zero-order valence-electron chi connectivity index (χ0n) is 29.1. The molecule has 1 aliphatic carbocycles. The normalized spacial score (nSPS) is 12.1. The first kappa shape index (κ1) is 29.8. The first-order chi connectivity index (χ1) is 26.3. The molecule has 2 nitrogen and oxygen atoms in total. The summed E-state index contributed by atoms with van der Waals surface area (Å²) in [5.74, 6) is 0. The lowest BCUT2D eigenvalue weighted by Crippen LogP contribution is -2.10. The summed E-state index contributed by atoms with van der Waals surface area (Å²) in [5, 5.41) is 7.47. The average Bonchev–Trinajstić information content (AvgIpc) is 3.76. The molecule has 0 N–H and O–H groups in total. The van der Waals surface area contributed by atoms with Gasteiger partial charge >= 0.3 is 0 Å². The van der Waals surface area contributed by atoms with Crippen molar-refractivity contribution in [3.63, 3.8) is 0 Å². The molecule has 1 heterocycles. The van der Waals surface area contributed by atoms with Crippen molar-refractivity contribution < 1.29 is 0 Å². The molecule has 1 aliphatic rings. The quantitative estimate of drug-likeness (QED) is 0.176. The molecule has 11 rings (SSSR count). The molecule has 0 spiro atoms. The molecule has 0 unspecified atom stereocenters. The minimum absolute atomic E-state index is 0.986. The number of aromatic nitrogens is 1. The number of rotatable bonds is 5. The van der Waals surface area contributed by atoms with Crippen molar-refractivity contribution in [3.05, 3.63) is 205 Å². The lowest BCUT2D eigenvalue weighted by atomic mass is 10.0. The Morgan fingerprint density at radius 3 is 1.87 bits per heavy atom. The Balaban J connectivity index is 1.04. The van der Waals surface area contributed by atoms with Crippen LogP contribution in [0.3, 0.4) is 0 Å². The van der Waals surface area contributed by atoms with Crippen LogP contribution in [0.4, 0.5) is 17.1 Å². The molecule has 10 aromatic rings. The van der Waals surface area contributed by atoms with E-state index in [1.54, 1.807) is 0 Å². The third-order valence-electron chi connectivity index (χ3n) is 11.2. The average molecular weight is 675 g/mol. The van der Waals surface area contributed by atoms with E-state index in [1.165, 1.54) is 88.1 Å². The first-order valence-electron chi connectivity index (χ1n) is 18.4. The van der Waals surface area contributed by atoms with Crippen molar-refractivity contribution in [2.24, 2.45) is 0 Å². The number of nitrogens with zero attached hydrogens (tertiary/aromatic N) is 2. The lowest BCUT2D eigenvalue weighted by Gasteiger charge is -2.27. The Hall–Kier alpha value is -6.90. The van der Waals surface area contributed by atoms with Crippen LogP contribution in [0, 0.1) is 0 Å². The Kier molecular flexibility index (Phi) is 6.65. The van der Waals surface area contributed by atoms with Crippen LogP contribution in [-0.4, -0.2) is 4.57 Å². The topological polar surface area (TPSA) is 8.17 Å². The first-order valence-corrected chi connectivity index (χ1v) is 18.4. The molecule has 2 heteroatoms. The molecule has 0 fully saturated rings. The van der Waals surface area contributed by atoms with Gasteiger partial charge in [0.2, 0.25) is 0 Å². The molecule has 0 amide bonds. The number of anilines is 3. The molecule has 9 aromatic carbocycles. The molecule has 0 saturated carbocycles. The highest BCUT2D eigenvalue weighted by Crippen LogP contribution is 2.44. The zero-order chi connectivity index (χ0) is 34.9. The maximum Gasteiger partial charge on any atom is 0.0541 e. The summed E-state index contributed by atoms with van der Waals surface area (Å²) in [6.07, 6.45) is 0.986. The second kappa shape index (κ2) is 11.8. The van der Waals surface area contributed by atoms with E-state index in [-0.39, 0.29) is 0 Å². The summed E-state index contributed by atoms with van der Waals surface area (Å²) < 4.78 is 2.43. The summed E-state index contributed by atoms with van der Waals surface area (Å²) in [4.78, 5) is 2.42. The number of benzene rings is 9. The molecule has 0 atom stereocenters. The van der Waals surface area contributed by atoms with Crippen LogP contribution in [0.25, 0.3) is 71.3 Å². The van der Waals surface area contributed by atoms with Gasteiger partial charge < -0.3 is 9.47 Å². The Morgan fingerprint density at radius 1 is 0.377 bits per heavy atom. The molecular formula is C51H34N2. The monoisotopic (exact) mass is 674 g/mol. The highest BCUT2D eigenvalue weighted by Gasteiger charge is 2.22. The van der Waals surface area contributed by atoms with Crippen LogP contribution in [0.15, 0.2) is 194 Å². The summed E-state index contributed by atoms with van der Waals surface area (Å²) in [6.45, 7) is 0. The van der Waals surface area contributed by atoms with Crippen molar-refractivity contribution in [3.8, 4) is 27.9 Å². The van der Waals surface area contributed by atoms with Gasteiger partial charge in [0.05, 0.1) is 22.4 Å². The summed E-state index contributed by atoms with van der Waals surface area (Å²) in [7, 11) is 0. The molecule has 0 bridgehead atoms. The minimum Gasteiger partial charge on any atom is -0.310 e. The van der Waals surface area contributed by atoms with Gasteiger partial charge in [-0.3, -0.25) is 0 Å². The van der Waals surface area contributed by atoms with E-state index >= 15 is 0 Å². The van der Waals surface area contributed by atoms with Gasteiger partial charge in [0.15, 0.2) is 0 Å². The van der Waals surface area contributed by atoms with Gasteiger partial charge in [0, 0.05) is 32.9 Å². The van der Waals surface area contributed by atoms with Crippen LogP contribution in [-0.2, 0) is 6.42 Å². The van der Waals surface area contributed by atoms with Crippen molar-refractivity contribution >= 4 is 60.4 Å². The Morgan fingerprint density at radius 2 is 1.00 bits per heavy atom. The van der Waals surface area contributed by atoms with Crippen LogP contribution in [0.1, 0.15) is 11.1 Å². The van der Waals surface area contributed by atoms with E-state index in [1.807, 2.05) is 0 Å². The molecule has 53 heavy (non-hydrogen) atoms. The summed E-state index contributed by atoms with van der Waals surface area (Å²) in [6, 6.07) is 71.2. The van der Waals surface area contributed by atoms with E-state index in [0.717, 1.165) is 17.8 Å². The van der Waals surface area contributed by atoms with Crippen LogP contribution in [0.2, 0.25) is 0 Å². The fourth-order valence-electron chi connectivity index (χ4n) is 8.70. The van der Waals surface area contributed by atoms with E-state index in [9.17, 15) is 0 Å². The van der Waals surface area contributed by atoms with Gasteiger partial charge in [-0.2, -0.15) is 0 Å². The van der Waals surface area contributed by atoms with E-state index < -0.39 is 0 Å². The van der Waals surface area contributed by atoms with Crippen molar-refractivity contribution in [2.45, 2.75) is 6.42 Å². The zero-order valence-corrected chi connectivity index (χ0v) is 29.1. The lowest BCUT2D eigenvalue weighted by molar-refractivity contribution is 1.20. The maximum atomic E-state index is 2.43. The van der Waals surface area contributed by atoms with Gasteiger partial charge in [-0.05, 0) is 105 Å². The molecule has 0 radical (unpaired) electrons. The highest BCUT2D eigenvalue weighted by atomic mass is 15.1. The molecule has 248 valence electrons. The molecular weight excluding hydrogens is 641 g/mol. The molecule has 0 saturated heterocycles. The largest absolute Gasteiger partial charge is 0.310 e. The smallest absolute Gasteiger partial charge is 0.0541 e. The fourth-order valence-corrected chi connectivity index (χ4v) is 8.70. The number of fused-ring (bicyclic) bond motifs is 8. The maximum absolute atomic E-state index is 2.43. The van der Waals surface area contributed by atoms with E-state index in [4.69, 9.17) is 0 Å². The molecule has 1 aromatic heterocycles. The minimum atomic E-state index is 0.986. The predicted octanol–water partition coefficient (Wildman–Crippen LogP) is 13.8. The van der Waals surface area contributed by atoms with Crippen LogP contribution >= 0.6 is 0 Å². The van der Waals surface area contributed by atoms with Gasteiger partial charge in [-0.1, -0.05) is 140 Å².